The minimum absolute atomic E-state index is 0.0309. The van der Waals surface area contributed by atoms with Crippen LogP contribution in [0.1, 0.15) is 29.3 Å². The van der Waals surface area contributed by atoms with Crippen molar-refractivity contribution in [3.63, 3.8) is 0 Å². The number of nitrogens with one attached hydrogen (secondary N) is 2. The Hall–Kier alpha value is -3.58. The van der Waals surface area contributed by atoms with Gasteiger partial charge in [-0.3, -0.25) is 9.59 Å². The first-order valence-corrected chi connectivity index (χ1v) is 10.2. The van der Waals surface area contributed by atoms with Gasteiger partial charge >= 0.3 is 0 Å². The van der Waals surface area contributed by atoms with Crippen LogP contribution in [0, 0.1) is 0 Å². The number of fused-ring (bicyclic) bond motifs is 1. The lowest BCUT2D eigenvalue weighted by Gasteiger charge is -2.12. The smallest absolute Gasteiger partial charge is 0.267 e. The number of hydrogen-bond donors (Lipinski definition) is 3. The molecule has 0 bridgehead atoms. The van der Waals surface area contributed by atoms with Crippen molar-refractivity contribution >= 4 is 28.8 Å². The second kappa shape index (κ2) is 10.4. The van der Waals surface area contributed by atoms with Gasteiger partial charge in [-0.05, 0) is 37.6 Å². The molecule has 3 N–H and O–H groups in total. The first-order chi connectivity index (χ1) is 15.1. The van der Waals surface area contributed by atoms with Crippen LogP contribution >= 0.6 is 0 Å². The van der Waals surface area contributed by atoms with Crippen molar-refractivity contribution < 1.29 is 19.4 Å². The molecule has 162 valence electrons. The molecule has 0 saturated heterocycles. The van der Waals surface area contributed by atoms with E-state index in [-0.39, 0.29) is 12.3 Å². The molecule has 2 aromatic carbocycles. The summed E-state index contributed by atoms with van der Waals surface area (Å²) in [5.74, 6) is -0.451. The Morgan fingerprint density at radius 2 is 1.87 bits per heavy atom. The standard InChI is InChI=1S/C24H27N3O4/c1-3-27-16-17(18-9-4-6-11-21(18)27)15-20(24(30)25-13-8-14-28)26-23(29)19-10-5-7-12-22(19)31-2/h4-7,9-12,15-16,28H,3,8,13-14H2,1-2H3,(H,25,30)(H,26,29)/b20-15-. The molecule has 0 aliphatic rings. The summed E-state index contributed by atoms with van der Waals surface area (Å²) in [5.41, 5.74) is 2.32. The van der Waals surface area contributed by atoms with Crippen LogP contribution in [0.3, 0.4) is 0 Å². The van der Waals surface area contributed by atoms with E-state index in [0.717, 1.165) is 23.0 Å². The number of methoxy groups -OCH3 is 1. The number of hydrogen-bond acceptors (Lipinski definition) is 4. The highest BCUT2D eigenvalue weighted by Gasteiger charge is 2.18. The summed E-state index contributed by atoms with van der Waals surface area (Å²) in [4.78, 5) is 25.8. The number of aryl methyl sites for hydroxylation is 1. The minimum Gasteiger partial charge on any atom is -0.496 e. The maximum absolute atomic E-state index is 12.9. The molecular weight excluding hydrogens is 394 g/mol. The molecule has 1 heterocycles. The van der Waals surface area contributed by atoms with E-state index in [1.807, 2.05) is 37.4 Å². The normalized spacial score (nSPS) is 11.4. The number of benzene rings is 2. The fourth-order valence-corrected chi connectivity index (χ4v) is 3.36. The van der Waals surface area contributed by atoms with Crippen molar-refractivity contribution in [2.75, 3.05) is 20.3 Å². The average Bonchev–Trinajstić information content (AvgIpc) is 3.16. The Labute approximate surface area is 181 Å². The number of aromatic nitrogens is 1. The van der Waals surface area contributed by atoms with E-state index in [2.05, 4.69) is 15.2 Å². The monoisotopic (exact) mass is 421 g/mol. The topological polar surface area (TPSA) is 92.6 Å². The molecule has 3 rings (SSSR count). The molecule has 0 aliphatic carbocycles. The predicted molar refractivity (Wildman–Crippen MR) is 121 cm³/mol. The Morgan fingerprint density at radius 3 is 2.61 bits per heavy atom. The van der Waals surface area contributed by atoms with E-state index in [1.54, 1.807) is 30.3 Å². The number of aliphatic hydroxyl groups excluding tert-OH is 1. The lowest BCUT2D eigenvalue weighted by molar-refractivity contribution is -0.117. The van der Waals surface area contributed by atoms with E-state index in [4.69, 9.17) is 9.84 Å². The van der Waals surface area contributed by atoms with Crippen LogP contribution in [0.2, 0.25) is 0 Å². The summed E-state index contributed by atoms with van der Waals surface area (Å²) in [6.45, 7) is 3.09. The van der Waals surface area contributed by atoms with Gasteiger partial charge in [-0.25, -0.2) is 0 Å². The van der Waals surface area contributed by atoms with Gasteiger partial charge in [0, 0.05) is 42.4 Å². The Morgan fingerprint density at radius 1 is 1.13 bits per heavy atom. The fourth-order valence-electron chi connectivity index (χ4n) is 3.36. The van der Waals surface area contributed by atoms with E-state index >= 15 is 0 Å². The van der Waals surface area contributed by atoms with Gasteiger partial charge in [0.15, 0.2) is 0 Å². The van der Waals surface area contributed by atoms with Crippen LogP contribution < -0.4 is 15.4 Å². The molecule has 7 heteroatoms. The van der Waals surface area contributed by atoms with Crippen molar-refractivity contribution in [2.24, 2.45) is 0 Å². The van der Waals surface area contributed by atoms with Gasteiger partial charge in [0.1, 0.15) is 11.4 Å². The summed E-state index contributed by atoms with van der Waals surface area (Å²) in [6.07, 6.45) is 4.06. The molecule has 0 atom stereocenters. The Kier molecular flexibility index (Phi) is 7.45. The van der Waals surface area contributed by atoms with Gasteiger partial charge in [-0.15, -0.1) is 0 Å². The Balaban J connectivity index is 1.99. The maximum atomic E-state index is 12.9. The molecule has 0 unspecified atom stereocenters. The van der Waals surface area contributed by atoms with Gasteiger partial charge in [0.25, 0.3) is 11.8 Å². The molecule has 1 aromatic heterocycles. The second-order valence-corrected chi connectivity index (χ2v) is 6.93. The zero-order valence-electron chi connectivity index (χ0n) is 17.7. The number of carbonyl (C=O) groups excluding carboxylic acids is 2. The van der Waals surface area contributed by atoms with Crippen molar-refractivity contribution in [3.8, 4) is 5.75 Å². The quantitative estimate of drug-likeness (QED) is 0.366. The molecule has 0 radical (unpaired) electrons. The highest BCUT2D eigenvalue weighted by molar-refractivity contribution is 6.07. The number of rotatable bonds is 9. The lowest BCUT2D eigenvalue weighted by Crippen LogP contribution is -2.35. The minimum atomic E-state index is -0.444. The summed E-state index contributed by atoms with van der Waals surface area (Å²) in [6, 6.07) is 14.7. The molecular formula is C24H27N3O4. The molecule has 7 nitrogen and oxygen atoms in total. The number of nitrogens with zero attached hydrogens (tertiary/aromatic N) is 1. The number of ether oxygens (including phenoxy) is 1. The highest BCUT2D eigenvalue weighted by Crippen LogP contribution is 2.24. The molecule has 0 fully saturated rings. The summed E-state index contributed by atoms with van der Waals surface area (Å²) < 4.78 is 7.36. The van der Waals surface area contributed by atoms with Crippen LogP contribution in [0.4, 0.5) is 0 Å². The fraction of sp³-hybridized carbons (Fsp3) is 0.250. The predicted octanol–water partition coefficient (Wildman–Crippen LogP) is 2.94. The SMILES string of the molecule is CCn1cc(/C=C(\NC(=O)c2ccccc2OC)C(=O)NCCCO)c2ccccc21. The van der Waals surface area contributed by atoms with E-state index < -0.39 is 11.8 Å². The Bertz CT molecular complexity index is 1100. The van der Waals surface area contributed by atoms with E-state index in [1.165, 1.54) is 7.11 Å². The van der Waals surface area contributed by atoms with Gasteiger partial charge in [-0.2, -0.15) is 0 Å². The van der Waals surface area contributed by atoms with Gasteiger partial charge < -0.3 is 25.0 Å². The highest BCUT2D eigenvalue weighted by atomic mass is 16.5. The molecule has 0 aliphatic heterocycles. The summed E-state index contributed by atoms with van der Waals surface area (Å²) >= 11 is 0. The van der Waals surface area contributed by atoms with Crippen LogP contribution in [0.25, 0.3) is 17.0 Å². The maximum Gasteiger partial charge on any atom is 0.267 e. The number of amides is 2. The van der Waals surface area contributed by atoms with Crippen molar-refractivity contribution in [2.45, 2.75) is 19.9 Å². The molecule has 2 amide bonds. The molecule has 31 heavy (non-hydrogen) atoms. The first kappa shape index (κ1) is 22.1. The average molecular weight is 421 g/mol. The van der Waals surface area contributed by atoms with Gasteiger partial charge in [0.05, 0.1) is 12.7 Å². The van der Waals surface area contributed by atoms with Crippen LogP contribution in [-0.2, 0) is 11.3 Å². The zero-order valence-corrected chi connectivity index (χ0v) is 17.7. The van der Waals surface area contributed by atoms with E-state index in [9.17, 15) is 9.59 Å². The third kappa shape index (κ3) is 5.13. The second-order valence-electron chi connectivity index (χ2n) is 6.93. The van der Waals surface area contributed by atoms with Crippen LogP contribution in [0.5, 0.6) is 5.75 Å². The van der Waals surface area contributed by atoms with Crippen molar-refractivity contribution in [1.82, 2.24) is 15.2 Å². The number of para-hydroxylation sites is 2. The third-order valence-corrected chi connectivity index (χ3v) is 4.92. The van der Waals surface area contributed by atoms with Crippen molar-refractivity contribution in [1.29, 1.82) is 0 Å². The lowest BCUT2D eigenvalue weighted by atomic mass is 10.1. The number of carbonyl (C=O) groups is 2. The van der Waals surface area contributed by atoms with E-state index in [0.29, 0.717) is 24.3 Å². The number of aliphatic hydroxyl groups is 1. The summed E-state index contributed by atoms with van der Waals surface area (Å²) in [5, 5.41) is 15.5. The summed E-state index contributed by atoms with van der Waals surface area (Å²) in [7, 11) is 1.49. The molecule has 3 aromatic rings. The zero-order chi connectivity index (χ0) is 22.2. The molecule has 0 saturated carbocycles. The largest absolute Gasteiger partial charge is 0.496 e. The first-order valence-electron chi connectivity index (χ1n) is 10.2. The van der Waals surface area contributed by atoms with Crippen molar-refractivity contribution in [3.05, 3.63) is 71.6 Å². The third-order valence-electron chi connectivity index (χ3n) is 4.92. The molecule has 0 spiro atoms. The van der Waals surface area contributed by atoms with Crippen LogP contribution in [0.15, 0.2) is 60.4 Å². The van der Waals surface area contributed by atoms with Gasteiger partial charge in [0.2, 0.25) is 0 Å². The van der Waals surface area contributed by atoms with Gasteiger partial charge in [-0.1, -0.05) is 30.3 Å². The van der Waals surface area contributed by atoms with Crippen LogP contribution in [-0.4, -0.2) is 41.7 Å².